The van der Waals surface area contributed by atoms with E-state index in [9.17, 15) is 9.18 Å². The molecule has 0 aliphatic rings. The molecule has 1 N–H and O–H groups in total. The zero-order valence-corrected chi connectivity index (χ0v) is 6.68. The lowest BCUT2D eigenvalue weighted by Crippen LogP contribution is -2.02. The number of hydrogen-bond acceptors (Lipinski definition) is 2. The number of hydrogen-bond donors (Lipinski definition) is 1. The van der Waals surface area contributed by atoms with Crippen LogP contribution in [0, 0.1) is 5.82 Å². The number of rotatable bonds is 2. The van der Waals surface area contributed by atoms with Crippen molar-refractivity contribution >= 4 is 17.6 Å². The van der Waals surface area contributed by atoms with E-state index >= 15 is 0 Å². The molecule has 1 rings (SSSR count). The molecular formula is C7H5ClFNO2. The Balaban J connectivity index is 2.97. The second-order valence-electron chi connectivity index (χ2n) is 2.17. The molecule has 0 spiro atoms. The van der Waals surface area contributed by atoms with E-state index in [2.05, 4.69) is 4.98 Å². The molecule has 1 aromatic heterocycles. The smallest absolute Gasteiger partial charge is 0.307 e. The van der Waals surface area contributed by atoms with Crippen LogP contribution in [0.15, 0.2) is 12.3 Å². The Bertz CT molecular complexity index is 316. The van der Waals surface area contributed by atoms with Crippen LogP contribution in [0.4, 0.5) is 4.39 Å². The molecule has 0 saturated heterocycles. The van der Waals surface area contributed by atoms with Crippen molar-refractivity contribution in [2.24, 2.45) is 0 Å². The fourth-order valence-electron chi connectivity index (χ4n) is 0.751. The van der Waals surface area contributed by atoms with E-state index < -0.39 is 11.8 Å². The molecule has 3 nitrogen and oxygen atoms in total. The number of carboxylic acid groups (broad SMARTS) is 1. The highest BCUT2D eigenvalue weighted by Crippen LogP contribution is 2.13. The van der Waals surface area contributed by atoms with Crippen LogP contribution in [0.3, 0.4) is 0 Å². The minimum atomic E-state index is -1.07. The second-order valence-corrected chi connectivity index (χ2v) is 2.53. The van der Waals surface area contributed by atoms with Crippen LogP contribution >= 0.6 is 11.6 Å². The Morgan fingerprint density at radius 2 is 2.42 bits per heavy atom. The molecule has 1 aromatic rings. The first-order valence-corrected chi connectivity index (χ1v) is 3.49. The number of carboxylic acids is 1. The number of pyridine rings is 1. The Hall–Kier alpha value is -1.16. The van der Waals surface area contributed by atoms with Crippen LogP contribution in [-0.4, -0.2) is 16.1 Å². The zero-order chi connectivity index (χ0) is 9.14. The lowest BCUT2D eigenvalue weighted by atomic mass is 10.2. The third-order valence-corrected chi connectivity index (χ3v) is 1.56. The van der Waals surface area contributed by atoms with Crippen molar-refractivity contribution in [3.63, 3.8) is 0 Å². The van der Waals surface area contributed by atoms with E-state index in [-0.39, 0.29) is 17.1 Å². The lowest BCUT2D eigenvalue weighted by molar-refractivity contribution is -0.136. The average molecular weight is 190 g/mol. The average Bonchev–Trinajstić information content (AvgIpc) is 1.96. The van der Waals surface area contributed by atoms with Crippen LogP contribution in [0.5, 0.6) is 0 Å². The maximum Gasteiger partial charge on any atom is 0.307 e. The van der Waals surface area contributed by atoms with Crippen LogP contribution in [0.25, 0.3) is 0 Å². The molecule has 5 heteroatoms. The van der Waals surface area contributed by atoms with E-state index in [0.29, 0.717) is 0 Å². The highest BCUT2D eigenvalue weighted by Gasteiger charge is 2.07. The number of aromatic nitrogens is 1. The Labute approximate surface area is 72.8 Å². The summed E-state index contributed by atoms with van der Waals surface area (Å²) in [6.45, 7) is 0. The van der Waals surface area contributed by atoms with Gasteiger partial charge in [0, 0.05) is 5.56 Å². The quantitative estimate of drug-likeness (QED) is 0.718. The van der Waals surface area contributed by atoms with Crippen LogP contribution in [-0.2, 0) is 11.2 Å². The van der Waals surface area contributed by atoms with Gasteiger partial charge in [-0.2, -0.15) is 0 Å². The van der Waals surface area contributed by atoms with Crippen LogP contribution in [0.2, 0.25) is 5.15 Å². The third-order valence-electron chi connectivity index (χ3n) is 1.22. The Morgan fingerprint density at radius 1 is 1.75 bits per heavy atom. The van der Waals surface area contributed by atoms with Gasteiger partial charge < -0.3 is 5.11 Å². The molecule has 0 aliphatic carbocycles. The lowest BCUT2D eigenvalue weighted by Gasteiger charge is -1.98. The van der Waals surface area contributed by atoms with Gasteiger partial charge in [-0.3, -0.25) is 4.79 Å². The van der Waals surface area contributed by atoms with E-state index in [1.807, 2.05) is 0 Å². The molecule has 0 atom stereocenters. The summed E-state index contributed by atoms with van der Waals surface area (Å²) in [5.74, 6) is -1.65. The van der Waals surface area contributed by atoms with Gasteiger partial charge in [0.15, 0.2) is 0 Å². The first-order chi connectivity index (χ1) is 5.59. The minimum absolute atomic E-state index is 0.0267. The maximum absolute atomic E-state index is 12.5. The van der Waals surface area contributed by atoms with E-state index in [1.165, 1.54) is 0 Å². The van der Waals surface area contributed by atoms with Gasteiger partial charge in [0.2, 0.25) is 0 Å². The van der Waals surface area contributed by atoms with Gasteiger partial charge in [-0.1, -0.05) is 11.6 Å². The summed E-state index contributed by atoms with van der Waals surface area (Å²) in [6, 6.07) is 1.06. The third kappa shape index (κ3) is 2.17. The number of aliphatic carboxylic acids is 1. The van der Waals surface area contributed by atoms with Crippen molar-refractivity contribution in [3.05, 3.63) is 28.8 Å². The molecular weight excluding hydrogens is 185 g/mol. The SMILES string of the molecule is O=C(O)Cc1cc(F)cnc1Cl. The molecule has 0 unspecified atom stereocenters. The fourth-order valence-corrected chi connectivity index (χ4v) is 0.922. The van der Waals surface area contributed by atoms with E-state index in [4.69, 9.17) is 16.7 Å². The molecule has 0 amide bonds. The van der Waals surface area contributed by atoms with Crippen molar-refractivity contribution in [1.82, 2.24) is 4.98 Å². The normalized spacial score (nSPS) is 9.83. The molecule has 0 aromatic carbocycles. The van der Waals surface area contributed by atoms with Gasteiger partial charge in [0.25, 0.3) is 0 Å². The zero-order valence-electron chi connectivity index (χ0n) is 5.92. The topological polar surface area (TPSA) is 50.2 Å². The first kappa shape index (κ1) is 8.93. The van der Waals surface area contributed by atoms with Gasteiger partial charge >= 0.3 is 5.97 Å². The van der Waals surface area contributed by atoms with Crippen LogP contribution < -0.4 is 0 Å². The van der Waals surface area contributed by atoms with Crippen molar-refractivity contribution < 1.29 is 14.3 Å². The molecule has 0 bridgehead atoms. The monoisotopic (exact) mass is 189 g/mol. The van der Waals surface area contributed by atoms with Crippen molar-refractivity contribution in [2.75, 3.05) is 0 Å². The summed E-state index contributed by atoms with van der Waals surface area (Å²) in [4.78, 5) is 13.7. The van der Waals surface area contributed by atoms with Crippen molar-refractivity contribution in [1.29, 1.82) is 0 Å². The first-order valence-electron chi connectivity index (χ1n) is 3.11. The number of carbonyl (C=O) groups is 1. The molecule has 0 saturated carbocycles. The highest BCUT2D eigenvalue weighted by atomic mass is 35.5. The molecule has 12 heavy (non-hydrogen) atoms. The molecule has 0 aliphatic heterocycles. The number of nitrogens with zero attached hydrogens (tertiary/aromatic N) is 1. The van der Waals surface area contributed by atoms with Gasteiger partial charge in [-0.05, 0) is 6.07 Å². The molecule has 64 valence electrons. The van der Waals surface area contributed by atoms with Gasteiger partial charge in [-0.25, -0.2) is 9.37 Å². The molecule has 0 radical (unpaired) electrons. The minimum Gasteiger partial charge on any atom is -0.481 e. The van der Waals surface area contributed by atoms with E-state index in [0.717, 1.165) is 12.3 Å². The molecule has 0 fully saturated rings. The summed E-state index contributed by atoms with van der Waals surface area (Å²) in [5, 5.41) is 8.40. The summed E-state index contributed by atoms with van der Waals surface area (Å²) in [6.07, 6.45) is 0.622. The van der Waals surface area contributed by atoms with Gasteiger partial charge in [-0.15, -0.1) is 0 Å². The maximum atomic E-state index is 12.5. The van der Waals surface area contributed by atoms with Crippen LogP contribution in [0.1, 0.15) is 5.56 Å². The molecule has 1 heterocycles. The van der Waals surface area contributed by atoms with Crippen molar-refractivity contribution in [2.45, 2.75) is 6.42 Å². The van der Waals surface area contributed by atoms with Crippen molar-refractivity contribution in [3.8, 4) is 0 Å². The highest BCUT2D eigenvalue weighted by molar-refractivity contribution is 6.30. The van der Waals surface area contributed by atoms with E-state index in [1.54, 1.807) is 0 Å². The predicted octanol–water partition coefficient (Wildman–Crippen LogP) is 1.50. The second kappa shape index (κ2) is 3.49. The number of halogens is 2. The van der Waals surface area contributed by atoms with Gasteiger partial charge in [0.05, 0.1) is 12.6 Å². The standard InChI is InChI=1S/C7H5ClFNO2/c8-7-4(2-6(11)12)1-5(9)3-10-7/h1,3H,2H2,(H,11,12). The largest absolute Gasteiger partial charge is 0.481 e. The Morgan fingerprint density at radius 3 is 3.00 bits per heavy atom. The van der Waals surface area contributed by atoms with Gasteiger partial charge in [0.1, 0.15) is 11.0 Å². The summed E-state index contributed by atoms with van der Waals surface area (Å²) in [7, 11) is 0. The predicted molar refractivity (Wildman–Crippen MR) is 40.5 cm³/mol. The fraction of sp³-hybridized carbons (Fsp3) is 0.143. The summed E-state index contributed by atoms with van der Waals surface area (Å²) in [5.41, 5.74) is 0.184. The summed E-state index contributed by atoms with van der Waals surface area (Å²) < 4.78 is 12.5. The summed E-state index contributed by atoms with van der Waals surface area (Å²) >= 11 is 5.50. The Kier molecular flexibility index (Phi) is 2.60.